The van der Waals surface area contributed by atoms with E-state index < -0.39 is 10.8 Å². The summed E-state index contributed by atoms with van der Waals surface area (Å²) in [4.78, 5) is 22.8. The molecule has 7 nitrogen and oxygen atoms in total. The number of amides is 1. The van der Waals surface area contributed by atoms with Gasteiger partial charge in [0.25, 0.3) is 11.6 Å². The zero-order chi connectivity index (χ0) is 17.9. The SMILES string of the molecule is Cc1ccc(/C=C(/C#N)C(=O)Nn2c(C)ccc2C)cc1[N+](=O)[O-]. The molecule has 0 unspecified atom stereocenters. The Hall–Kier alpha value is -3.40. The molecule has 2 aromatic rings. The molecule has 0 saturated heterocycles. The largest absolute Gasteiger partial charge is 0.280 e. The molecule has 24 heavy (non-hydrogen) atoms. The van der Waals surface area contributed by atoms with Crippen molar-refractivity contribution in [3.63, 3.8) is 0 Å². The van der Waals surface area contributed by atoms with E-state index in [4.69, 9.17) is 0 Å². The molecule has 0 fully saturated rings. The van der Waals surface area contributed by atoms with E-state index in [1.165, 1.54) is 12.1 Å². The maximum atomic E-state index is 12.3. The first kappa shape index (κ1) is 17.0. The van der Waals surface area contributed by atoms with Crippen LogP contribution in [0.25, 0.3) is 6.08 Å². The van der Waals surface area contributed by atoms with Crippen LogP contribution in [-0.4, -0.2) is 15.5 Å². The highest BCUT2D eigenvalue weighted by atomic mass is 16.6. The number of benzene rings is 1. The van der Waals surface area contributed by atoms with E-state index in [-0.39, 0.29) is 11.3 Å². The van der Waals surface area contributed by atoms with Crippen LogP contribution in [0.4, 0.5) is 5.69 Å². The minimum Gasteiger partial charge on any atom is -0.267 e. The van der Waals surface area contributed by atoms with Gasteiger partial charge in [-0.15, -0.1) is 0 Å². The number of nitriles is 1. The minimum absolute atomic E-state index is 0.0569. The highest BCUT2D eigenvalue weighted by Crippen LogP contribution is 2.21. The van der Waals surface area contributed by atoms with E-state index >= 15 is 0 Å². The molecule has 0 bridgehead atoms. The lowest BCUT2D eigenvalue weighted by Gasteiger charge is -2.10. The van der Waals surface area contributed by atoms with Gasteiger partial charge in [-0.3, -0.25) is 25.0 Å². The molecule has 1 amide bonds. The normalized spacial score (nSPS) is 11.0. The van der Waals surface area contributed by atoms with Gasteiger partial charge in [0.2, 0.25) is 0 Å². The molecule has 0 aliphatic heterocycles. The van der Waals surface area contributed by atoms with Gasteiger partial charge in [0.05, 0.1) is 4.92 Å². The third kappa shape index (κ3) is 3.50. The van der Waals surface area contributed by atoms with Crippen molar-refractivity contribution >= 4 is 17.7 Å². The molecular formula is C17H16N4O3. The fourth-order valence-corrected chi connectivity index (χ4v) is 2.23. The highest BCUT2D eigenvalue weighted by molar-refractivity contribution is 6.06. The van der Waals surface area contributed by atoms with Crippen molar-refractivity contribution in [1.29, 1.82) is 5.26 Å². The van der Waals surface area contributed by atoms with Gasteiger partial charge >= 0.3 is 0 Å². The summed E-state index contributed by atoms with van der Waals surface area (Å²) in [5.41, 5.74) is 5.01. The minimum atomic E-state index is -0.580. The molecule has 122 valence electrons. The number of hydrogen-bond acceptors (Lipinski definition) is 4. The lowest BCUT2D eigenvalue weighted by atomic mass is 10.1. The predicted octanol–water partition coefficient (Wildman–Crippen LogP) is 3.00. The summed E-state index contributed by atoms with van der Waals surface area (Å²) in [6.45, 7) is 5.28. The molecule has 2 rings (SSSR count). The number of carbonyl (C=O) groups is 1. The number of aromatic nitrogens is 1. The maximum absolute atomic E-state index is 12.3. The van der Waals surface area contributed by atoms with Gasteiger partial charge in [-0.2, -0.15) is 5.26 Å². The van der Waals surface area contributed by atoms with E-state index in [1.807, 2.05) is 32.0 Å². The van der Waals surface area contributed by atoms with Gasteiger partial charge in [0, 0.05) is 23.0 Å². The fourth-order valence-electron chi connectivity index (χ4n) is 2.23. The summed E-state index contributed by atoms with van der Waals surface area (Å²) in [5, 5.41) is 20.2. The van der Waals surface area contributed by atoms with Crippen LogP contribution in [0, 0.1) is 42.2 Å². The van der Waals surface area contributed by atoms with Crippen molar-refractivity contribution < 1.29 is 9.72 Å². The predicted molar refractivity (Wildman–Crippen MR) is 89.7 cm³/mol. The molecule has 0 aliphatic carbocycles. The Bertz CT molecular complexity index is 868. The van der Waals surface area contributed by atoms with Crippen molar-refractivity contribution in [3.05, 3.63) is 68.5 Å². The molecule has 1 heterocycles. The van der Waals surface area contributed by atoms with Crippen molar-refractivity contribution in [2.24, 2.45) is 0 Å². The summed E-state index contributed by atoms with van der Waals surface area (Å²) < 4.78 is 1.57. The van der Waals surface area contributed by atoms with Gasteiger partial charge in [-0.05, 0) is 44.5 Å². The van der Waals surface area contributed by atoms with Crippen molar-refractivity contribution in [3.8, 4) is 6.07 Å². The van der Waals surface area contributed by atoms with E-state index in [0.717, 1.165) is 11.4 Å². The molecule has 1 N–H and O–H groups in total. The molecule has 1 aromatic heterocycles. The molecular weight excluding hydrogens is 308 g/mol. The number of rotatable bonds is 4. The first-order valence-electron chi connectivity index (χ1n) is 7.16. The molecule has 0 saturated carbocycles. The zero-order valence-electron chi connectivity index (χ0n) is 13.5. The number of aryl methyl sites for hydroxylation is 3. The van der Waals surface area contributed by atoms with Gasteiger partial charge < -0.3 is 0 Å². The summed E-state index contributed by atoms with van der Waals surface area (Å²) in [7, 11) is 0. The second kappa shape index (κ2) is 6.79. The first-order valence-corrected chi connectivity index (χ1v) is 7.16. The Morgan fingerprint density at radius 3 is 2.42 bits per heavy atom. The quantitative estimate of drug-likeness (QED) is 0.404. The van der Waals surface area contributed by atoms with Crippen LogP contribution >= 0.6 is 0 Å². The summed E-state index contributed by atoms with van der Waals surface area (Å²) >= 11 is 0. The number of nitro benzene ring substituents is 1. The van der Waals surface area contributed by atoms with Crippen LogP contribution in [-0.2, 0) is 4.79 Å². The summed E-state index contributed by atoms with van der Waals surface area (Å²) in [5.74, 6) is -0.580. The Labute approximate surface area is 138 Å². The van der Waals surface area contributed by atoms with Gasteiger partial charge in [0.15, 0.2) is 0 Å². The van der Waals surface area contributed by atoms with Crippen molar-refractivity contribution in [1.82, 2.24) is 4.68 Å². The van der Waals surface area contributed by atoms with Crippen LogP contribution in [0.3, 0.4) is 0 Å². The van der Waals surface area contributed by atoms with E-state index in [9.17, 15) is 20.2 Å². The van der Waals surface area contributed by atoms with E-state index in [2.05, 4.69) is 5.43 Å². The van der Waals surface area contributed by atoms with Crippen molar-refractivity contribution in [2.75, 3.05) is 5.43 Å². The average Bonchev–Trinajstić information content (AvgIpc) is 2.85. The van der Waals surface area contributed by atoms with Gasteiger partial charge in [0.1, 0.15) is 11.6 Å². The molecule has 1 aromatic carbocycles. The highest BCUT2D eigenvalue weighted by Gasteiger charge is 2.14. The summed E-state index contributed by atoms with van der Waals surface area (Å²) in [6, 6.07) is 10.1. The van der Waals surface area contributed by atoms with Crippen LogP contribution in [0.1, 0.15) is 22.5 Å². The number of nitrogens with zero attached hydrogens (tertiary/aromatic N) is 3. The first-order chi connectivity index (χ1) is 11.3. The molecule has 0 atom stereocenters. The fraction of sp³-hybridized carbons (Fsp3) is 0.176. The average molecular weight is 324 g/mol. The smallest absolute Gasteiger partial charge is 0.267 e. The topological polar surface area (TPSA) is 101 Å². The number of carbonyl (C=O) groups excluding carboxylic acids is 1. The lowest BCUT2D eigenvalue weighted by molar-refractivity contribution is -0.385. The number of nitrogens with one attached hydrogen (secondary N) is 1. The standard InChI is InChI=1S/C17H16N4O3/c1-11-4-7-14(9-16(11)21(23)24)8-15(10-18)17(22)19-20-12(2)5-6-13(20)3/h4-9H,1-3H3,(H,19,22)/b15-8-. The van der Waals surface area contributed by atoms with Crippen LogP contribution in [0.2, 0.25) is 0 Å². The molecule has 0 radical (unpaired) electrons. The second-order valence-electron chi connectivity index (χ2n) is 5.37. The Morgan fingerprint density at radius 1 is 1.25 bits per heavy atom. The van der Waals surface area contributed by atoms with Gasteiger partial charge in [-0.25, -0.2) is 0 Å². The van der Waals surface area contributed by atoms with Crippen molar-refractivity contribution in [2.45, 2.75) is 20.8 Å². The Balaban J connectivity index is 2.33. The lowest BCUT2D eigenvalue weighted by Crippen LogP contribution is -2.25. The zero-order valence-corrected chi connectivity index (χ0v) is 13.5. The number of hydrogen-bond donors (Lipinski definition) is 1. The van der Waals surface area contributed by atoms with Crippen LogP contribution in [0.15, 0.2) is 35.9 Å². The molecule has 0 aliphatic rings. The monoisotopic (exact) mass is 324 g/mol. The maximum Gasteiger partial charge on any atom is 0.280 e. The van der Waals surface area contributed by atoms with Crippen LogP contribution < -0.4 is 5.43 Å². The third-order valence-corrected chi connectivity index (χ3v) is 3.59. The number of nitro groups is 1. The molecule has 0 spiro atoms. The third-order valence-electron chi connectivity index (χ3n) is 3.59. The summed E-state index contributed by atoms with van der Waals surface area (Å²) in [6.07, 6.45) is 1.33. The Kier molecular flexibility index (Phi) is 4.80. The van der Waals surface area contributed by atoms with E-state index in [0.29, 0.717) is 11.1 Å². The Morgan fingerprint density at radius 2 is 1.88 bits per heavy atom. The van der Waals surface area contributed by atoms with Crippen LogP contribution in [0.5, 0.6) is 0 Å². The van der Waals surface area contributed by atoms with E-state index in [1.54, 1.807) is 23.7 Å². The molecule has 7 heteroatoms. The van der Waals surface area contributed by atoms with Gasteiger partial charge in [-0.1, -0.05) is 12.1 Å². The second-order valence-corrected chi connectivity index (χ2v) is 5.37.